The van der Waals surface area contributed by atoms with Gasteiger partial charge in [-0.05, 0) is 29.9 Å². The minimum Gasteiger partial charge on any atom is -0.338 e. The maximum atomic E-state index is 15.0. The normalized spacial score (nSPS) is 14.8. The highest BCUT2D eigenvalue weighted by atomic mass is 19.1. The largest absolute Gasteiger partial charge is 0.338 e. The molecule has 8 heteroatoms. The molecule has 1 N–H and O–H groups in total. The molecule has 1 aromatic carbocycles. The Morgan fingerprint density at radius 1 is 1.11 bits per heavy atom. The molecule has 7 nitrogen and oxygen atoms in total. The fourth-order valence-electron chi connectivity index (χ4n) is 5.63. The number of fused-ring (bicyclic) bond motifs is 3. The van der Waals surface area contributed by atoms with Crippen LogP contribution in [0.1, 0.15) is 57.1 Å². The Balaban J connectivity index is 1.75. The van der Waals surface area contributed by atoms with E-state index in [4.69, 9.17) is 0 Å². The number of halogens is 1. The van der Waals surface area contributed by atoms with Gasteiger partial charge < -0.3 is 4.98 Å². The van der Waals surface area contributed by atoms with Crippen molar-refractivity contribution in [3.63, 3.8) is 0 Å². The molecular weight excluding hydrogens is 443 g/mol. The number of aromatic nitrogens is 6. The van der Waals surface area contributed by atoms with Crippen molar-refractivity contribution >= 4 is 22.1 Å². The van der Waals surface area contributed by atoms with Crippen LogP contribution in [0.25, 0.3) is 44.5 Å². The first-order valence-corrected chi connectivity index (χ1v) is 12.3. The number of hydrogen-bond donors (Lipinski definition) is 1. The Hall–Kier alpha value is -3.68. The summed E-state index contributed by atoms with van der Waals surface area (Å²) >= 11 is 0. The standard InChI is InChI=1S/C27H29FN6O/c1-15(2)16-9-11-17(12-10-16)21-22-24-20(33(4)27(35)34(24)18-7-5-6-8-18)13-29-26(22)30-23(21)19-14-32(3)31-25(19)28/h9-15,18H,5-8H2,1-4H3,(H,29,30). The number of hydrogen-bond acceptors (Lipinski definition) is 3. The Labute approximate surface area is 202 Å². The number of imidazole rings is 1. The zero-order chi connectivity index (χ0) is 24.4. The predicted molar refractivity (Wildman–Crippen MR) is 136 cm³/mol. The van der Waals surface area contributed by atoms with Crippen molar-refractivity contribution in [3.8, 4) is 22.4 Å². The molecule has 1 aliphatic carbocycles. The maximum Gasteiger partial charge on any atom is 0.329 e. The average Bonchev–Trinajstić information content (AvgIpc) is 3.60. The number of H-pyrrole nitrogens is 1. The number of pyridine rings is 1. The van der Waals surface area contributed by atoms with Crippen LogP contribution < -0.4 is 5.69 Å². The Morgan fingerprint density at radius 3 is 2.46 bits per heavy atom. The van der Waals surface area contributed by atoms with Gasteiger partial charge in [-0.2, -0.15) is 4.39 Å². The summed E-state index contributed by atoms with van der Waals surface area (Å²) < 4.78 is 20.1. The van der Waals surface area contributed by atoms with Gasteiger partial charge in [-0.25, -0.2) is 9.78 Å². The van der Waals surface area contributed by atoms with Crippen LogP contribution in [0.5, 0.6) is 0 Å². The second-order valence-corrected chi connectivity index (χ2v) is 10.0. The summed E-state index contributed by atoms with van der Waals surface area (Å²) in [6.07, 6.45) is 7.62. The molecular formula is C27H29FN6O. The van der Waals surface area contributed by atoms with Gasteiger partial charge in [0.15, 0.2) is 0 Å². The first-order chi connectivity index (χ1) is 16.8. The molecule has 0 aliphatic heterocycles. The quantitative estimate of drug-likeness (QED) is 0.367. The highest BCUT2D eigenvalue weighted by Crippen LogP contribution is 2.43. The minimum atomic E-state index is -0.545. The summed E-state index contributed by atoms with van der Waals surface area (Å²) in [5.74, 6) is -0.145. The molecule has 1 fully saturated rings. The highest BCUT2D eigenvalue weighted by Gasteiger charge is 2.28. The molecule has 35 heavy (non-hydrogen) atoms. The number of nitrogens with one attached hydrogen (secondary N) is 1. The monoisotopic (exact) mass is 472 g/mol. The first kappa shape index (κ1) is 21.8. The van der Waals surface area contributed by atoms with Crippen molar-refractivity contribution in [2.24, 2.45) is 14.1 Å². The van der Waals surface area contributed by atoms with Crippen molar-refractivity contribution in [1.82, 2.24) is 28.9 Å². The number of rotatable bonds is 4. The highest BCUT2D eigenvalue weighted by molar-refractivity contribution is 6.14. The van der Waals surface area contributed by atoms with Crippen LogP contribution in [-0.4, -0.2) is 28.9 Å². The molecule has 4 heterocycles. The van der Waals surface area contributed by atoms with Crippen LogP contribution in [0, 0.1) is 5.95 Å². The number of nitrogens with zero attached hydrogens (tertiary/aromatic N) is 5. The summed E-state index contributed by atoms with van der Waals surface area (Å²) in [7, 11) is 3.51. The van der Waals surface area contributed by atoms with Crippen LogP contribution in [0.2, 0.25) is 0 Å². The lowest BCUT2D eigenvalue weighted by atomic mass is 9.96. The van der Waals surface area contributed by atoms with E-state index in [1.807, 2.05) is 4.57 Å². The lowest BCUT2D eigenvalue weighted by Gasteiger charge is -2.13. The van der Waals surface area contributed by atoms with Gasteiger partial charge in [-0.15, -0.1) is 5.10 Å². The van der Waals surface area contributed by atoms with Gasteiger partial charge in [0.25, 0.3) is 0 Å². The van der Waals surface area contributed by atoms with E-state index in [1.165, 1.54) is 10.2 Å². The summed E-state index contributed by atoms with van der Waals surface area (Å²) in [6, 6.07) is 8.54. The van der Waals surface area contributed by atoms with E-state index in [0.29, 0.717) is 22.8 Å². The third-order valence-corrected chi connectivity index (χ3v) is 7.48. The molecule has 180 valence electrons. The summed E-state index contributed by atoms with van der Waals surface area (Å²) in [5, 5.41) is 4.79. The molecule has 0 atom stereocenters. The van der Waals surface area contributed by atoms with Gasteiger partial charge in [0, 0.05) is 31.9 Å². The average molecular weight is 473 g/mol. The molecule has 0 unspecified atom stereocenters. The van der Waals surface area contributed by atoms with E-state index < -0.39 is 5.95 Å². The third kappa shape index (κ3) is 3.26. The molecule has 1 aliphatic rings. The second-order valence-electron chi connectivity index (χ2n) is 10.0. The van der Waals surface area contributed by atoms with Crippen LogP contribution in [0.3, 0.4) is 0 Å². The zero-order valence-corrected chi connectivity index (χ0v) is 20.5. The number of aryl methyl sites for hydroxylation is 2. The van der Waals surface area contributed by atoms with Gasteiger partial charge in [-0.1, -0.05) is 51.0 Å². The predicted octanol–water partition coefficient (Wildman–Crippen LogP) is 5.66. The van der Waals surface area contributed by atoms with Gasteiger partial charge in [0.2, 0.25) is 5.95 Å². The smallest absolute Gasteiger partial charge is 0.329 e. The van der Waals surface area contributed by atoms with E-state index in [9.17, 15) is 9.18 Å². The van der Waals surface area contributed by atoms with E-state index in [2.05, 4.69) is 53.2 Å². The summed E-state index contributed by atoms with van der Waals surface area (Å²) in [4.78, 5) is 21.5. The Morgan fingerprint density at radius 2 is 1.83 bits per heavy atom. The molecule has 0 saturated heterocycles. The van der Waals surface area contributed by atoms with Crippen LogP contribution in [0.4, 0.5) is 4.39 Å². The number of benzene rings is 1. The molecule has 6 rings (SSSR count). The number of aromatic amines is 1. The zero-order valence-electron chi connectivity index (χ0n) is 20.5. The fraction of sp³-hybridized carbons (Fsp3) is 0.370. The third-order valence-electron chi connectivity index (χ3n) is 7.48. The molecule has 0 spiro atoms. The molecule has 4 aromatic heterocycles. The van der Waals surface area contributed by atoms with Crippen LogP contribution in [0.15, 0.2) is 41.5 Å². The van der Waals surface area contributed by atoms with Gasteiger partial charge in [0.05, 0.1) is 33.9 Å². The van der Waals surface area contributed by atoms with E-state index >= 15 is 0 Å². The molecule has 0 bridgehead atoms. The van der Waals surface area contributed by atoms with E-state index in [0.717, 1.165) is 53.2 Å². The first-order valence-electron chi connectivity index (χ1n) is 12.3. The van der Waals surface area contributed by atoms with Gasteiger partial charge in [0.1, 0.15) is 5.65 Å². The molecule has 1 saturated carbocycles. The van der Waals surface area contributed by atoms with E-state index in [-0.39, 0.29) is 11.7 Å². The van der Waals surface area contributed by atoms with Crippen molar-refractivity contribution < 1.29 is 4.39 Å². The molecule has 0 amide bonds. The van der Waals surface area contributed by atoms with Crippen molar-refractivity contribution in [3.05, 3.63) is 58.7 Å². The van der Waals surface area contributed by atoms with E-state index in [1.54, 1.807) is 31.1 Å². The second kappa shape index (κ2) is 7.93. The maximum absolute atomic E-state index is 15.0. The van der Waals surface area contributed by atoms with Crippen molar-refractivity contribution in [2.75, 3.05) is 0 Å². The summed E-state index contributed by atoms with van der Waals surface area (Å²) in [6.45, 7) is 4.32. The summed E-state index contributed by atoms with van der Waals surface area (Å²) in [5.41, 5.74) is 6.28. The van der Waals surface area contributed by atoms with Gasteiger partial charge in [-0.3, -0.25) is 13.8 Å². The lowest BCUT2D eigenvalue weighted by Crippen LogP contribution is -2.24. The molecule has 5 aromatic rings. The Kier molecular flexibility index (Phi) is 4.95. The minimum absolute atomic E-state index is 0.0300. The van der Waals surface area contributed by atoms with Gasteiger partial charge >= 0.3 is 5.69 Å². The topological polar surface area (TPSA) is 73.4 Å². The SMILES string of the molecule is CC(C)c1ccc(-c2c(-c3cn(C)nc3F)[nH]c3ncc4c(c23)n(C2CCCC2)c(=O)n4C)cc1. The Bertz CT molecular complexity index is 1630. The van der Waals surface area contributed by atoms with Crippen molar-refractivity contribution in [2.45, 2.75) is 51.5 Å². The van der Waals surface area contributed by atoms with Crippen LogP contribution >= 0.6 is 0 Å². The molecule has 0 radical (unpaired) electrons. The van der Waals surface area contributed by atoms with Crippen molar-refractivity contribution in [1.29, 1.82) is 0 Å². The lowest BCUT2D eigenvalue weighted by molar-refractivity contribution is 0.510. The van der Waals surface area contributed by atoms with Crippen LogP contribution in [-0.2, 0) is 14.1 Å². The fourth-order valence-corrected chi connectivity index (χ4v) is 5.63.